The van der Waals surface area contributed by atoms with Crippen LogP contribution in [0.3, 0.4) is 0 Å². The molecular weight excluding hydrogens is 424 g/mol. The zero-order chi connectivity index (χ0) is 23.1. The third-order valence-electron chi connectivity index (χ3n) is 6.38. The Hall–Kier alpha value is -3.51. The lowest BCUT2D eigenvalue weighted by molar-refractivity contribution is -0.253. The van der Waals surface area contributed by atoms with Gasteiger partial charge in [-0.1, -0.05) is 30.3 Å². The van der Waals surface area contributed by atoms with Crippen LogP contribution in [0.2, 0.25) is 0 Å². The first-order valence-electron chi connectivity index (χ1n) is 9.84. The summed E-state index contributed by atoms with van der Waals surface area (Å²) in [5, 5.41) is 40.0. The fourth-order valence-electron chi connectivity index (χ4n) is 4.93. The van der Waals surface area contributed by atoms with Crippen LogP contribution in [-0.4, -0.2) is 25.1 Å². The lowest BCUT2D eigenvalue weighted by Gasteiger charge is -2.49. The van der Waals surface area contributed by atoms with Crippen LogP contribution in [0.5, 0.6) is 5.75 Å². The highest BCUT2D eigenvalue weighted by Crippen LogP contribution is 2.70. The monoisotopic (exact) mass is 444 g/mol. The molecule has 0 amide bonds. The molecule has 2 heterocycles. The Morgan fingerprint density at radius 1 is 1.03 bits per heavy atom. The summed E-state index contributed by atoms with van der Waals surface area (Å²) in [6, 6.07) is 20.6. The van der Waals surface area contributed by atoms with Gasteiger partial charge in [0.25, 0.3) is 0 Å². The molecule has 8 heteroatoms. The lowest BCUT2D eigenvalue weighted by atomic mass is 9.52. The minimum Gasteiger partial charge on any atom is -0.496 e. The topological polar surface area (TPSA) is 123 Å². The van der Waals surface area contributed by atoms with E-state index >= 15 is 0 Å². The fraction of sp³-hybridized carbons (Fsp3) is 0.333. The zero-order valence-corrected chi connectivity index (χ0v) is 18.6. The molecule has 0 radical (unpaired) electrons. The van der Waals surface area contributed by atoms with E-state index in [1.807, 2.05) is 18.4 Å². The third-order valence-corrected chi connectivity index (χ3v) is 7.13. The van der Waals surface area contributed by atoms with Gasteiger partial charge < -0.3 is 14.2 Å². The highest BCUT2D eigenvalue weighted by atomic mass is 32.2. The quantitative estimate of drug-likeness (QED) is 0.687. The first-order chi connectivity index (χ1) is 15.4. The van der Waals surface area contributed by atoms with Gasteiger partial charge in [-0.05, 0) is 30.0 Å². The molecule has 2 aliphatic heterocycles. The summed E-state index contributed by atoms with van der Waals surface area (Å²) in [5.41, 5.74) is -2.86. The van der Waals surface area contributed by atoms with Crippen molar-refractivity contribution in [1.29, 1.82) is 21.2 Å². The van der Waals surface area contributed by atoms with Crippen molar-refractivity contribution in [2.24, 2.45) is 10.8 Å². The molecule has 32 heavy (non-hydrogen) atoms. The molecule has 0 spiro atoms. The van der Waals surface area contributed by atoms with Crippen molar-refractivity contribution >= 4 is 17.7 Å². The Labute approximate surface area is 190 Å². The molecule has 160 valence electrons. The van der Waals surface area contributed by atoms with E-state index in [-0.39, 0.29) is 0 Å². The molecule has 2 saturated heterocycles. The maximum atomic E-state index is 10.5. The summed E-state index contributed by atoms with van der Waals surface area (Å²) in [6.45, 7) is 1.64. The van der Waals surface area contributed by atoms with Crippen LogP contribution >= 0.6 is 11.8 Å². The summed E-state index contributed by atoms with van der Waals surface area (Å²) in [7, 11) is 1.50. The number of para-hydroxylation sites is 1. The predicted molar refractivity (Wildman–Crippen MR) is 117 cm³/mol. The molecule has 2 fully saturated rings. The van der Waals surface area contributed by atoms with Gasteiger partial charge in [-0.2, -0.15) is 15.8 Å². The minimum atomic E-state index is -2.04. The van der Waals surface area contributed by atoms with Gasteiger partial charge in [0, 0.05) is 17.4 Å². The van der Waals surface area contributed by atoms with Gasteiger partial charge in [-0.15, -0.1) is 11.8 Å². The number of hydrogen-bond donors (Lipinski definition) is 1. The summed E-state index contributed by atoms with van der Waals surface area (Å²) in [5.74, 6) is -2.41. The van der Waals surface area contributed by atoms with Crippen LogP contribution in [0.25, 0.3) is 0 Å². The normalized spacial score (nSPS) is 29.8. The minimum absolute atomic E-state index is 0.454. The van der Waals surface area contributed by atoms with E-state index in [2.05, 4.69) is 18.2 Å². The molecule has 2 aliphatic rings. The van der Waals surface area contributed by atoms with Gasteiger partial charge in [0.15, 0.2) is 5.41 Å². The summed E-state index contributed by atoms with van der Waals surface area (Å²) in [6.07, 6.45) is 0.840. The number of methoxy groups -OCH3 is 1. The van der Waals surface area contributed by atoms with E-state index in [4.69, 9.17) is 19.6 Å². The van der Waals surface area contributed by atoms with Crippen LogP contribution in [0.1, 0.15) is 30.1 Å². The fourth-order valence-corrected chi connectivity index (χ4v) is 5.34. The second-order valence-corrected chi connectivity index (χ2v) is 8.72. The zero-order valence-electron chi connectivity index (χ0n) is 17.7. The largest absolute Gasteiger partial charge is 0.496 e. The Morgan fingerprint density at radius 3 is 2.25 bits per heavy atom. The maximum Gasteiger partial charge on any atom is 0.219 e. The second kappa shape index (κ2) is 7.57. The van der Waals surface area contributed by atoms with Crippen molar-refractivity contribution in [3.8, 4) is 24.0 Å². The molecule has 0 aliphatic carbocycles. The molecule has 2 aromatic rings. The number of nitrogens with one attached hydrogen (secondary N) is 1. The molecule has 2 bridgehead atoms. The smallest absolute Gasteiger partial charge is 0.219 e. The Bertz CT molecular complexity index is 1200. The van der Waals surface area contributed by atoms with E-state index in [1.54, 1.807) is 55.1 Å². The van der Waals surface area contributed by atoms with Crippen LogP contribution in [0.4, 0.5) is 0 Å². The Kier molecular flexibility index (Phi) is 5.13. The van der Waals surface area contributed by atoms with Crippen LogP contribution < -0.4 is 4.74 Å². The van der Waals surface area contributed by atoms with Gasteiger partial charge in [-0.3, -0.25) is 5.41 Å². The van der Waals surface area contributed by atoms with Crippen LogP contribution in [0, 0.1) is 50.2 Å². The number of hydrogen-bond acceptors (Lipinski definition) is 8. The number of ether oxygens (including phenoxy) is 3. The van der Waals surface area contributed by atoms with Crippen molar-refractivity contribution in [3.63, 3.8) is 0 Å². The molecule has 2 aromatic carbocycles. The number of nitrogens with zero attached hydrogens (tertiary/aromatic N) is 3. The maximum absolute atomic E-state index is 10.5. The first-order valence-corrected chi connectivity index (χ1v) is 11.1. The average molecular weight is 445 g/mol. The highest BCUT2D eigenvalue weighted by molar-refractivity contribution is 7.98. The predicted octanol–water partition coefficient (Wildman–Crippen LogP) is 4.54. The standard InChI is InChI=1S/C24H20N4O3S/c1-22-19(17-6-4-5-7-18(17)29-2)24(14-27,21(28)31-22)23(12-25,13-26)20(30-22)15-8-10-16(32-3)11-9-15/h4-11,19-20,28H,1-3H3. The average Bonchev–Trinajstić information content (AvgIpc) is 3.01. The molecule has 1 N–H and O–H groups in total. The van der Waals surface area contributed by atoms with Crippen molar-refractivity contribution in [1.82, 2.24) is 0 Å². The van der Waals surface area contributed by atoms with Gasteiger partial charge in [0.2, 0.25) is 17.1 Å². The Morgan fingerprint density at radius 2 is 1.69 bits per heavy atom. The second-order valence-electron chi connectivity index (χ2n) is 7.84. The molecule has 7 nitrogen and oxygen atoms in total. The van der Waals surface area contributed by atoms with Crippen molar-refractivity contribution in [3.05, 3.63) is 59.7 Å². The van der Waals surface area contributed by atoms with Crippen molar-refractivity contribution in [2.75, 3.05) is 13.4 Å². The van der Waals surface area contributed by atoms with Crippen LogP contribution in [0.15, 0.2) is 53.4 Å². The molecular formula is C24H20N4O3S. The molecule has 4 unspecified atom stereocenters. The molecule has 4 atom stereocenters. The number of rotatable bonds is 4. The summed E-state index contributed by atoms with van der Waals surface area (Å²) >= 11 is 1.56. The number of benzene rings is 2. The van der Waals surface area contributed by atoms with E-state index in [9.17, 15) is 15.8 Å². The van der Waals surface area contributed by atoms with Crippen molar-refractivity contribution in [2.45, 2.75) is 29.6 Å². The lowest BCUT2D eigenvalue weighted by Crippen LogP contribution is -2.57. The number of fused-ring (bicyclic) bond motifs is 2. The van der Waals surface area contributed by atoms with E-state index in [0.29, 0.717) is 16.9 Å². The van der Waals surface area contributed by atoms with Crippen molar-refractivity contribution < 1.29 is 14.2 Å². The summed E-state index contributed by atoms with van der Waals surface area (Å²) in [4.78, 5) is 1.00. The SMILES string of the molecule is COc1ccccc1C1C2(C)OC(=N)C1(C#N)C(C#N)(C#N)C(c1ccc(SC)cc1)O2. The van der Waals surface area contributed by atoms with E-state index in [0.717, 1.165) is 4.90 Å². The number of thioether (sulfide) groups is 1. The summed E-state index contributed by atoms with van der Waals surface area (Å²) < 4.78 is 17.7. The Balaban J connectivity index is 2.02. The highest BCUT2D eigenvalue weighted by Gasteiger charge is 2.80. The van der Waals surface area contributed by atoms with Gasteiger partial charge in [0.1, 0.15) is 11.9 Å². The molecule has 0 saturated carbocycles. The first kappa shape index (κ1) is 21.7. The third kappa shape index (κ3) is 2.59. The number of nitriles is 3. The van der Waals surface area contributed by atoms with Gasteiger partial charge >= 0.3 is 0 Å². The van der Waals surface area contributed by atoms with Gasteiger partial charge in [0.05, 0.1) is 31.2 Å². The van der Waals surface area contributed by atoms with Crippen LogP contribution in [-0.2, 0) is 9.47 Å². The van der Waals surface area contributed by atoms with E-state index < -0.39 is 34.5 Å². The van der Waals surface area contributed by atoms with E-state index in [1.165, 1.54) is 7.11 Å². The molecule has 0 aromatic heterocycles. The molecule has 4 rings (SSSR count). The van der Waals surface area contributed by atoms with Gasteiger partial charge in [-0.25, -0.2) is 0 Å².